The lowest BCUT2D eigenvalue weighted by molar-refractivity contribution is 0.275. The normalized spacial score (nSPS) is 13.0. The fourth-order valence-electron chi connectivity index (χ4n) is 7.24. The van der Waals surface area contributed by atoms with E-state index in [2.05, 4.69) is 66.3 Å². The molecule has 44 heavy (non-hydrogen) atoms. The van der Waals surface area contributed by atoms with Crippen molar-refractivity contribution in [1.29, 1.82) is 0 Å². The van der Waals surface area contributed by atoms with E-state index in [1.807, 2.05) is 6.20 Å². The topological polar surface area (TPSA) is 17.8 Å². The third-order valence-electron chi connectivity index (χ3n) is 10.1. The van der Waals surface area contributed by atoms with Crippen LogP contribution in [0.25, 0.3) is 0 Å². The fraction of sp³-hybridized carbons (Fsp3) is 0.786. The summed E-state index contributed by atoms with van der Waals surface area (Å²) in [4.78, 5) is 4.48. The first-order chi connectivity index (χ1) is 21.8. The average Bonchev–Trinajstić information content (AvgIpc) is 3.58. The van der Waals surface area contributed by atoms with Gasteiger partial charge in [-0.3, -0.25) is 0 Å². The first-order valence-electron chi connectivity index (χ1n) is 19.9. The zero-order valence-corrected chi connectivity index (χ0v) is 29.7. The van der Waals surface area contributed by atoms with Crippen LogP contribution in [0.4, 0.5) is 0 Å². The molecule has 2 heteroatoms. The Bertz CT molecular complexity index is 814. The Morgan fingerprint density at radius 3 is 1.32 bits per heavy atom. The minimum atomic E-state index is 0.572. The van der Waals surface area contributed by atoms with Gasteiger partial charge in [-0.05, 0) is 30.7 Å². The maximum Gasteiger partial charge on any atom is 0.0948 e. The van der Waals surface area contributed by atoms with E-state index < -0.39 is 0 Å². The molecule has 0 bridgehead atoms. The number of aromatic nitrogens is 2. The maximum atomic E-state index is 4.48. The van der Waals surface area contributed by atoms with Crippen LogP contribution in [-0.4, -0.2) is 9.55 Å². The summed E-state index contributed by atoms with van der Waals surface area (Å²) in [6.45, 7) is 4.62. The van der Waals surface area contributed by atoms with Gasteiger partial charge in [0.15, 0.2) is 0 Å². The van der Waals surface area contributed by atoms with Gasteiger partial charge < -0.3 is 4.57 Å². The molecule has 0 aliphatic carbocycles. The van der Waals surface area contributed by atoms with E-state index in [1.165, 1.54) is 192 Å². The molecule has 1 heterocycles. The van der Waals surface area contributed by atoms with Crippen molar-refractivity contribution in [3.63, 3.8) is 0 Å². The summed E-state index contributed by atoms with van der Waals surface area (Å²) in [6.07, 6.45) is 47.2. The molecule has 0 fully saturated rings. The second-order valence-electron chi connectivity index (χ2n) is 14.1. The van der Waals surface area contributed by atoms with Crippen molar-refractivity contribution in [3.05, 3.63) is 54.6 Å². The summed E-state index contributed by atoms with van der Waals surface area (Å²) in [7, 11) is 0. The Labute approximate surface area is 275 Å². The van der Waals surface area contributed by atoms with Crippen molar-refractivity contribution < 1.29 is 0 Å². The third-order valence-corrected chi connectivity index (χ3v) is 10.1. The Morgan fingerprint density at radius 2 is 0.909 bits per heavy atom. The van der Waals surface area contributed by atoms with Crippen molar-refractivity contribution in [2.45, 2.75) is 206 Å². The van der Waals surface area contributed by atoms with Crippen molar-refractivity contribution in [3.8, 4) is 0 Å². The van der Waals surface area contributed by atoms with E-state index in [4.69, 9.17) is 0 Å². The van der Waals surface area contributed by atoms with Gasteiger partial charge in [0.2, 0.25) is 0 Å². The predicted molar refractivity (Wildman–Crippen MR) is 196 cm³/mol. The van der Waals surface area contributed by atoms with E-state index >= 15 is 0 Å². The lowest BCUT2D eigenvalue weighted by atomic mass is 9.84. The molecule has 2 unspecified atom stereocenters. The molecule has 0 N–H and O–H groups in total. The Morgan fingerprint density at radius 1 is 0.500 bits per heavy atom. The average molecular weight is 607 g/mol. The van der Waals surface area contributed by atoms with Gasteiger partial charge in [-0.2, -0.15) is 0 Å². The Balaban J connectivity index is 1.68. The minimum Gasteiger partial charge on any atom is -0.334 e. The molecule has 252 valence electrons. The fourth-order valence-corrected chi connectivity index (χ4v) is 7.24. The van der Waals surface area contributed by atoms with Crippen LogP contribution < -0.4 is 0 Å². The second-order valence-corrected chi connectivity index (χ2v) is 14.1. The largest absolute Gasteiger partial charge is 0.334 e. The van der Waals surface area contributed by atoms with Crippen LogP contribution >= 0.6 is 0 Å². The Hall–Kier alpha value is -1.57. The first-order valence-corrected chi connectivity index (χ1v) is 19.9. The summed E-state index contributed by atoms with van der Waals surface area (Å²) in [5.74, 6) is 0.691. The number of hydrogen-bond acceptors (Lipinski definition) is 1. The van der Waals surface area contributed by atoms with Gasteiger partial charge in [0, 0.05) is 18.4 Å². The molecule has 0 saturated heterocycles. The van der Waals surface area contributed by atoms with Gasteiger partial charge in [-0.25, -0.2) is 4.98 Å². The van der Waals surface area contributed by atoms with Crippen LogP contribution in [0.2, 0.25) is 0 Å². The molecule has 0 amide bonds. The molecular formula is C42H74N2. The molecule has 1 aromatic heterocycles. The van der Waals surface area contributed by atoms with Gasteiger partial charge in [0.25, 0.3) is 0 Å². The Kier molecular flexibility index (Phi) is 25.3. The third kappa shape index (κ3) is 20.5. The summed E-state index contributed by atoms with van der Waals surface area (Å²) < 4.78 is 2.45. The zero-order valence-electron chi connectivity index (χ0n) is 29.7. The SMILES string of the molecule is CCCCCCCCCCCCCCCCC(C(CCCCCCCCCCCCCC)Cc1ccccc1)n1ccnc1. The predicted octanol–water partition coefficient (Wildman–Crippen LogP) is 14.2. The van der Waals surface area contributed by atoms with Gasteiger partial charge >= 0.3 is 0 Å². The highest BCUT2D eigenvalue weighted by molar-refractivity contribution is 5.15. The van der Waals surface area contributed by atoms with Crippen molar-refractivity contribution in [2.24, 2.45) is 5.92 Å². The van der Waals surface area contributed by atoms with E-state index in [-0.39, 0.29) is 0 Å². The maximum absolute atomic E-state index is 4.48. The van der Waals surface area contributed by atoms with Gasteiger partial charge in [0.1, 0.15) is 0 Å². The summed E-state index contributed by atoms with van der Waals surface area (Å²) >= 11 is 0. The summed E-state index contributed by atoms with van der Waals surface area (Å²) in [6, 6.07) is 11.8. The quantitative estimate of drug-likeness (QED) is 0.0757. The van der Waals surface area contributed by atoms with Crippen LogP contribution in [0.15, 0.2) is 49.1 Å². The number of hydrogen-bond donors (Lipinski definition) is 0. The van der Waals surface area contributed by atoms with Gasteiger partial charge in [-0.1, -0.05) is 211 Å². The van der Waals surface area contributed by atoms with E-state index in [1.54, 1.807) is 0 Å². The van der Waals surface area contributed by atoms with E-state index in [0.717, 1.165) is 0 Å². The number of nitrogens with zero attached hydrogens (tertiary/aromatic N) is 2. The lowest BCUT2D eigenvalue weighted by Gasteiger charge is -2.29. The number of rotatable bonds is 32. The number of benzene rings is 1. The summed E-state index contributed by atoms with van der Waals surface area (Å²) in [5, 5.41) is 0. The standard InChI is InChI=1S/C42H74N2/c1-3-5-7-9-11-13-15-17-18-20-22-24-26-31-35-42(44-37-36-43-39-44)41(38-40-32-28-27-29-33-40)34-30-25-23-21-19-16-14-12-10-8-6-4-2/h27-29,32-33,36-37,39,41-42H,3-26,30-31,34-35,38H2,1-2H3. The number of imidazole rings is 1. The molecule has 0 saturated carbocycles. The lowest BCUT2D eigenvalue weighted by Crippen LogP contribution is -2.21. The zero-order chi connectivity index (χ0) is 31.2. The molecule has 0 radical (unpaired) electrons. The van der Waals surface area contributed by atoms with Crippen LogP contribution in [0, 0.1) is 5.92 Å². The molecular weight excluding hydrogens is 532 g/mol. The smallest absolute Gasteiger partial charge is 0.0948 e. The van der Waals surface area contributed by atoms with Crippen molar-refractivity contribution >= 4 is 0 Å². The van der Waals surface area contributed by atoms with Crippen LogP contribution in [0.3, 0.4) is 0 Å². The van der Waals surface area contributed by atoms with Crippen LogP contribution in [-0.2, 0) is 6.42 Å². The molecule has 2 rings (SSSR count). The molecule has 0 aliphatic rings. The molecule has 1 aromatic carbocycles. The van der Waals surface area contributed by atoms with Crippen LogP contribution in [0.5, 0.6) is 0 Å². The molecule has 2 atom stereocenters. The highest BCUT2D eigenvalue weighted by Gasteiger charge is 2.23. The molecule has 2 nitrogen and oxygen atoms in total. The van der Waals surface area contributed by atoms with Crippen molar-refractivity contribution in [2.75, 3.05) is 0 Å². The molecule has 2 aromatic rings. The number of unbranched alkanes of at least 4 members (excludes halogenated alkanes) is 24. The second kappa shape index (κ2) is 28.9. The first kappa shape index (κ1) is 38.6. The monoisotopic (exact) mass is 607 g/mol. The minimum absolute atomic E-state index is 0.572. The molecule has 0 aliphatic heterocycles. The van der Waals surface area contributed by atoms with Gasteiger partial charge in [-0.15, -0.1) is 0 Å². The van der Waals surface area contributed by atoms with Crippen molar-refractivity contribution in [1.82, 2.24) is 9.55 Å². The highest BCUT2D eigenvalue weighted by Crippen LogP contribution is 2.32. The highest BCUT2D eigenvalue weighted by atomic mass is 15.1. The molecule has 0 spiro atoms. The van der Waals surface area contributed by atoms with Gasteiger partial charge in [0.05, 0.1) is 6.33 Å². The van der Waals surface area contributed by atoms with E-state index in [9.17, 15) is 0 Å². The van der Waals surface area contributed by atoms with Crippen LogP contribution in [0.1, 0.15) is 205 Å². The van der Waals surface area contributed by atoms with E-state index in [0.29, 0.717) is 12.0 Å². The summed E-state index contributed by atoms with van der Waals surface area (Å²) in [5.41, 5.74) is 1.50.